The summed E-state index contributed by atoms with van der Waals surface area (Å²) < 4.78 is 5.36. The summed E-state index contributed by atoms with van der Waals surface area (Å²) in [7, 11) is 0. The van der Waals surface area contributed by atoms with Gasteiger partial charge in [-0.15, -0.1) is 0 Å². The van der Waals surface area contributed by atoms with E-state index in [1.807, 2.05) is 30.3 Å². The third-order valence-electron chi connectivity index (χ3n) is 2.19. The van der Waals surface area contributed by atoms with Gasteiger partial charge in [-0.2, -0.15) is 0 Å². The van der Waals surface area contributed by atoms with E-state index in [4.69, 9.17) is 4.74 Å². The standard InChI is InChI=1S/C11H12O3S/c12-9-6-11(14-7-10(9)13)15-8-4-2-1-3-5-8/h1-5,10-11,13H,6-7H2/t10-,11?/m1/s1. The minimum atomic E-state index is -0.933. The lowest BCUT2D eigenvalue weighted by atomic mass is 10.1. The second-order valence-corrected chi connectivity index (χ2v) is 4.61. The van der Waals surface area contributed by atoms with Crippen LogP contribution in [-0.4, -0.2) is 29.0 Å². The second kappa shape index (κ2) is 4.79. The molecule has 0 radical (unpaired) electrons. The minimum Gasteiger partial charge on any atom is -0.383 e. The lowest BCUT2D eigenvalue weighted by Gasteiger charge is -2.24. The van der Waals surface area contributed by atoms with Crippen molar-refractivity contribution in [3.8, 4) is 0 Å². The van der Waals surface area contributed by atoms with Gasteiger partial charge in [0.05, 0.1) is 6.61 Å². The van der Waals surface area contributed by atoms with Crippen molar-refractivity contribution in [3.63, 3.8) is 0 Å². The SMILES string of the molecule is O=C1CC(Sc2ccccc2)OC[C@H]1O. The highest BCUT2D eigenvalue weighted by Crippen LogP contribution is 2.28. The normalized spacial score (nSPS) is 26.6. The lowest BCUT2D eigenvalue weighted by Crippen LogP contribution is -2.36. The molecule has 1 aliphatic heterocycles. The van der Waals surface area contributed by atoms with Crippen LogP contribution in [0.4, 0.5) is 0 Å². The third-order valence-corrected chi connectivity index (χ3v) is 3.30. The minimum absolute atomic E-state index is 0.114. The Hall–Kier alpha value is -0.840. The Bertz CT molecular complexity index is 339. The van der Waals surface area contributed by atoms with Crippen molar-refractivity contribution in [2.24, 2.45) is 0 Å². The molecule has 1 aromatic carbocycles. The van der Waals surface area contributed by atoms with E-state index in [0.717, 1.165) is 4.90 Å². The molecular formula is C11H12O3S. The van der Waals surface area contributed by atoms with Gasteiger partial charge in [0.25, 0.3) is 0 Å². The fourth-order valence-corrected chi connectivity index (χ4v) is 2.39. The van der Waals surface area contributed by atoms with E-state index in [1.165, 1.54) is 11.8 Å². The van der Waals surface area contributed by atoms with Crippen molar-refractivity contribution in [3.05, 3.63) is 30.3 Å². The maximum absolute atomic E-state index is 11.3. The largest absolute Gasteiger partial charge is 0.383 e. The van der Waals surface area contributed by atoms with E-state index in [9.17, 15) is 9.90 Å². The van der Waals surface area contributed by atoms with Gasteiger partial charge in [-0.3, -0.25) is 4.79 Å². The molecule has 3 nitrogen and oxygen atoms in total. The Kier molecular flexibility index (Phi) is 3.41. The van der Waals surface area contributed by atoms with Crippen molar-refractivity contribution in [2.45, 2.75) is 22.9 Å². The fraction of sp³-hybridized carbons (Fsp3) is 0.364. The Balaban J connectivity index is 1.94. The highest BCUT2D eigenvalue weighted by atomic mass is 32.2. The zero-order chi connectivity index (χ0) is 10.7. The number of carbonyl (C=O) groups excluding carboxylic acids is 1. The number of carbonyl (C=O) groups is 1. The number of rotatable bonds is 2. The van der Waals surface area contributed by atoms with Gasteiger partial charge in [-0.05, 0) is 12.1 Å². The molecule has 15 heavy (non-hydrogen) atoms. The Morgan fingerprint density at radius 1 is 1.33 bits per heavy atom. The summed E-state index contributed by atoms with van der Waals surface area (Å²) in [5, 5.41) is 9.18. The Morgan fingerprint density at radius 2 is 2.07 bits per heavy atom. The van der Waals surface area contributed by atoms with Crippen molar-refractivity contribution in [1.29, 1.82) is 0 Å². The van der Waals surface area contributed by atoms with Crippen LogP contribution in [-0.2, 0) is 9.53 Å². The fourth-order valence-electron chi connectivity index (χ4n) is 1.38. The van der Waals surface area contributed by atoms with E-state index in [1.54, 1.807) is 0 Å². The summed E-state index contributed by atoms with van der Waals surface area (Å²) in [6.07, 6.45) is -0.654. The van der Waals surface area contributed by atoms with Crippen LogP contribution >= 0.6 is 11.8 Å². The lowest BCUT2D eigenvalue weighted by molar-refractivity contribution is -0.138. The topological polar surface area (TPSA) is 46.5 Å². The third kappa shape index (κ3) is 2.81. The second-order valence-electron chi connectivity index (χ2n) is 3.38. The van der Waals surface area contributed by atoms with Gasteiger partial charge in [-0.25, -0.2) is 0 Å². The van der Waals surface area contributed by atoms with Crippen LogP contribution in [0.25, 0.3) is 0 Å². The van der Waals surface area contributed by atoms with Crippen LogP contribution in [0.2, 0.25) is 0 Å². The maximum atomic E-state index is 11.3. The number of aliphatic hydroxyl groups is 1. The summed E-state index contributed by atoms with van der Waals surface area (Å²) in [6.45, 7) is 0.114. The van der Waals surface area contributed by atoms with Crippen molar-refractivity contribution in [1.82, 2.24) is 0 Å². The molecule has 1 aromatic rings. The van der Waals surface area contributed by atoms with Crippen LogP contribution in [0.5, 0.6) is 0 Å². The summed E-state index contributed by atoms with van der Waals surface area (Å²) in [6, 6.07) is 9.79. The summed E-state index contributed by atoms with van der Waals surface area (Å²) in [4.78, 5) is 12.3. The van der Waals surface area contributed by atoms with Gasteiger partial charge >= 0.3 is 0 Å². The highest BCUT2D eigenvalue weighted by molar-refractivity contribution is 7.99. The van der Waals surface area contributed by atoms with E-state index in [0.29, 0.717) is 0 Å². The number of hydrogen-bond acceptors (Lipinski definition) is 4. The molecule has 2 rings (SSSR count). The summed E-state index contributed by atoms with van der Waals surface area (Å²) in [5.41, 5.74) is -0.164. The molecule has 1 unspecified atom stereocenters. The molecule has 80 valence electrons. The number of benzene rings is 1. The number of thioether (sulfide) groups is 1. The molecule has 0 aliphatic carbocycles. The highest BCUT2D eigenvalue weighted by Gasteiger charge is 2.27. The van der Waals surface area contributed by atoms with Crippen molar-refractivity contribution in [2.75, 3.05) is 6.61 Å². The maximum Gasteiger partial charge on any atom is 0.167 e. The monoisotopic (exact) mass is 224 g/mol. The molecule has 0 amide bonds. The van der Waals surface area contributed by atoms with Crippen LogP contribution < -0.4 is 0 Å². The average molecular weight is 224 g/mol. The summed E-state index contributed by atoms with van der Waals surface area (Å²) in [5.74, 6) is -0.130. The van der Waals surface area contributed by atoms with E-state index in [-0.39, 0.29) is 24.2 Å². The van der Waals surface area contributed by atoms with Crippen LogP contribution in [0.15, 0.2) is 35.2 Å². The number of ketones is 1. The van der Waals surface area contributed by atoms with E-state index >= 15 is 0 Å². The number of ether oxygens (including phenoxy) is 1. The number of hydrogen-bond donors (Lipinski definition) is 1. The molecule has 1 heterocycles. The van der Waals surface area contributed by atoms with E-state index < -0.39 is 6.10 Å². The van der Waals surface area contributed by atoms with Gasteiger partial charge in [0.2, 0.25) is 0 Å². The summed E-state index contributed by atoms with van der Waals surface area (Å²) >= 11 is 1.52. The smallest absolute Gasteiger partial charge is 0.167 e. The predicted octanol–water partition coefficient (Wildman–Crippen LogP) is 1.46. The van der Waals surface area contributed by atoms with Gasteiger partial charge in [0.1, 0.15) is 11.5 Å². The average Bonchev–Trinajstić information content (AvgIpc) is 2.25. The first-order chi connectivity index (χ1) is 7.25. The van der Waals surface area contributed by atoms with Crippen LogP contribution in [0.3, 0.4) is 0 Å². The molecule has 1 aliphatic rings. The molecule has 0 aromatic heterocycles. The zero-order valence-corrected chi connectivity index (χ0v) is 8.94. The molecule has 0 spiro atoms. The first-order valence-electron chi connectivity index (χ1n) is 4.80. The Morgan fingerprint density at radius 3 is 2.73 bits per heavy atom. The Labute approximate surface area is 92.4 Å². The van der Waals surface area contributed by atoms with Gasteiger partial charge in [-0.1, -0.05) is 30.0 Å². The molecule has 1 saturated heterocycles. The quantitative estimate of drug-likeness (QED) is 0.826. The van der Waals surface area contributed by atoms with Gasteiger partial charge < -0.3 is 9.84 Å². The molecular weight excluding hydrogens is 212 g/mol. The van der Waals surface area contributed by atoms with Crippen LogP contribution in [0.1, 0.15) is 6.42 Å². The van der Waals surface area contributed by atoms with Crippen molar-refractivity contribution < 1.29 is 14.6 Å². The zero-order valence-electron chi connectivity index (χ0n) is 8.13. The first kappa shape index (κ1) is 10.7. The predicted molar refractivity (Wildman–Crippen MR) is 57.7 cm³/mol. The number of Topliss-reactive ketones (excluding diaryl/α,β-unsaturated/α-hetero) is 1. The molecule has 1 N–H and O–H groups in total. The van der Waals surface area contributed by atoms with E-state index in [2.05, 4.69) is 0 Å². The molecule has 2 atom stereocenters. The first-order valence-corrected chi connectivity index (χ1v) is 5.68. The molecule has 4 heteroatoms. The molecule has 0 bridgehead atoms. The van der Waals surface area contributed by atoms with Crippen molar-refractivity contribution >= 4 is 17.5 Å². The number of aliphatic hydroxyl groups excluding tert-OH is 1. The molecule has 1 fully saturated rings. The van der Waals surface area contributed by atoms with Gasteiger partial charge in [0.15, 0.2) is 5.78 Å². The van der Waals surface area contributed by atoms with Crippen LogP contribution in [0, 0.1) is 0 Å². The van der Waals surface area contributed by atoms with Gasteiger partial charge in [0, 0.05) is 11.3 Å². The molecule has 0 saturated carbocycles.